The van der Waals surface area contributed by atoms with Gasteiger partial charge in [-0.25, -0.2) is 0 Å². The van der Waals surface area contributed by atoms with Crippen LogP contribution in [0.25, 0.3) is 0 Å². The number of nitrogens with zero attached hydrogens (tertiary/aromatic N) is 2. The largest absolute Gasteiger partial charge is 0.392 e. The number of hydrogen-bond acceptors (Lipinski definition) is 5. The maximum absolute atomic E-state index is 5.44. The smallest absolute Gasteiger partial charge is 0.138 e. The van der Waals surface area contributed by atoms with E-state index in [2.05, 4.69) is 31.1 Å². The lowest BCUT2D eigenvalue weighted by atomic mass is 9.97. The predicted octanol–water partition coefficient (Wildman–Crippen LogP) is 3.03. The third-order valence-corrected chi connectivity index (χ3v) is 4.75. The molecule has 3 aliphatic rings. The molecule has 4 nitrogen and oxygen atoms in total. The molecule has 0 amide bonds. The van der Waals surface area contributed by atoms with Crippen LogP contribution in [-0.4, -0.2) is 28.2 Å². The van der Waals surface area contributed by atoms with Gasteiger partial charge in [0.1, 0.15) is 16.7 Å². The molecular weight excluding hydrogens is 248 g/mol. The summed E-state index contributed by atoms with van der Waals surface area (Å²) in [5.74, 6) is 2.15. The molecule has 2 unspecified atom stereocenters. The van der Waals surface area contributed by atoms with E-state index in [4.69, 9.17) is 9.68 Å². The van der Waals surface area contributed by atoms with E-state index in [9.17, 15) is 0 Å². The molecule has 0 aromatic carbocycles. The van der Waals surface area contributed by atoms with Crippen molar-refractivity contribution in [2.75, 3.05) is 5.75 Å². The molecule has 1 saturated carbocycles. The first-order chi connectivity index (χ1) is 8.55. The third kappa shape index (κ3) is 2.51. The Labute approximate surface area is 112 Å². The van der Waals surface area contributed by atoms with E-state index < -0.39 is 0 Å². The molecule has 1 aliphatic carbocycles. The van der Waals surface area contributed by atoms with Crippen LogP contribution < -0.4 is 0 Å². The van der Waals surface area contributed by atoms with Crippen LogP contribution in [0.1, 0.15) is 40.0 Å². The van der Waals surface area contributed by atoms with Crippen LogP contribution in [0.15, 0.2) is 10.3 Å². The molecule has 2 aliphatic heterocycles. The molecule has 100 valence electrons. The molecule has 0 aromatic heterocycles. The predicted molar refractivity (Wildman–Crippen MR) is 73.9 cm³/mol. The lowest BCUT2D eigenvalue weighted by molar-refractivity contribution is 0.0123. The normalized spacial score (nSPS) is 33.7. The number of rotatable bonds is 3. The molecular formula is C13H20N2O2S. The van der Waals surface area contributed by atoms with Gasteiger partial charge >= 0.3 is 0 Å². The summed E-state index contributed by atoms with van der Waals surface area (Å²) in [4.78, 5) is 10.8. The first-order valence-corrected chi connectivity index (χ1v) is 7.65. The van der Waals surface area contributed by atoms with Gasteiger partial charge in [-0.05, 0) is 33.6 Å². The van der Waals surface area contributed by atoms with Crippen LogP contribution in [0, 0.1) is 11.8 Å². The van der Waals surface area contributed by atoms with Crippen LogP contribution in [-0.2, 0) is 9.68 Å². The highest BCUT2D eigenvalue weighted by molar-refractivity contribution is 8.14. The molecule has 0 aromatic rings. The summed E-state index contributed by atoms with van der Waals surface area (Å²) < 4.78 is 0. The zero-order valence-electron chi connectivity index (χ0n) is 11.2. The maximum atomic E-state index is 5.44. The lowest BCUT2D eigenvalue weighted by Crippen LogP contribution is -2.25. The van der Waals surface area contributed by atoms with E-state index in [1.54, 1.807) is 11.8 Å². The lowest BCUT2D eigenvalue weighted by Gasteiger charge is -2.15. The summed E-state index contributed by atoms with van der Waals surface area (Å²) in [6.45, 7) is 6.26. The van der Waals surface area contributed by atoms with Crippen molar-refractivity contribution in [2.24, 2.45) is 22.1 Å². The minimum atomic E-state index is -0.131. The summed E-state index contributed by atoms with van der Waals surface area (Å²) in [7, 11) is 0. The molecule has 3 rings (SSSR count). The summed E-state index contributed by atoms with van der Waals surface area (Å²) in [6, 6.07) is 0. The first kappa shape index (κ1) is 12.3. The highest BCUT2D eigenvalue weighted by atomic mass is 32.2. The second kappa shape index (κ2) is 4.44. The van der Waals surface area contributed by atoms with Crippen LogP contribution >= 0.6 is 11.8 Å². The van der Waals surface area contributed by atoms with Crippen molar-refractivity contribution >= 4 is 22.5 Å². The van der Waals surface area contributed by atoms with E-state index >= 15 is 0 Å². The van der Waals surface area contributed by atoms with E-state index in [-0.39, 0.29) is 11.7 Å². The van der Waals surface area contributed by atoms with Gasteiger partial charge in [0.2, 0.25) is 0 Å². The van der Waals surface area contributed by atoms with Gasteiger partial charge in [-0.3, -0.25) is 0 Å². The quantitative estimate of drug-likeness (QED) is 0.790. The number of oxime groups is 2. The van der Waals surface area contributed by atoms with Crippen LogP contribution in [0.2, 0.25) is 0 Å². The molecule has 2 atom stereocenters. The average Bonchev–Trinajstić information content (AvgIpc) is 3.00. The van der Waals surface area contributed by atoms with Crippen molar-refractivity contribution in [3.8, 4) is 0 Å². The van der Waals surface area contributed by atoms with Gasteiger partial charge in [-0.15, -0.1) is 11.8 Å². The standard InChI is InChI=1S/C13H20N2O2S/c1-8-10(12(15-16-8)9-4-5-9)7-18-11-6-13(2,3)17-14-11/h8-10H,4-7H2,1-3H3. The topological polar surface area (TPSA) is 43.2 Å². The van der Waals surface area contributed by atoms with Gasteiger partial charge in [0.25, 0.3) is 0 Å². The molecule has 0 spiro atoms. The second-order valence-corrected chi connectivity index (χ2v) is 7.12. The van der Waals surface area contributed by atoms with E-state index in [1.807, 2.05) is 0 Å². The zero-order chi connectivity index (χ0) is 12.8. The van der Waals surface area contributed by atoms with Crippen LogP contribution in [0.4, 0.5) is 0 Å². The Balaban J connectivity index is 1.55. The molecule has 18 heavy (non-hydrogen) atoms. The first-order valence-electron chi connectivity index (χ1n) is 6.66. The molecule has 5 heteroatoms. The van der Waals surface area contributed by atoms with Crippen molar-refractivity contribution in [2.45, 2.75) is 51.7 Å². The van der Waals surface area contributed by atoms with Crippen LogP contribution in [0.5, 0.6) is 0 Å². The molecule has 1 fully saturated rings. The Morgan fingerprint density at radius 1 is 1.33 bits per heavy atom. The summed E-state index contributed by atoms with van der Waals surface area (Å²) in [6.07, 6.45) is 3.69. The molecule has 0 radical (unpaired) electrons. The minimum Gasteiger partial charge on any atom is -0.392 e. The van der Waals surface area contributed by atoms with Gasteiger partial charge < -0.3 is 9.68 Å². The van der Waals surface area contributed by atoms with Gasteiger partial charge in [0.15, 0.2) is 0 Å². The van der Waals surface area contributed by atoms with Crippen molar-refractivity contribution in [3.05, 3.63) is 0 Å². The fraction of sp³-hybridized carbons (Fsp3) is 0.846. The van der Waals surface area contributed by atoms with Gasteiger partial charge in [-0.1, -0.05) is 10.3 Å². The fourth-order valence-electron chi connectivity index (χ4n) is 2.37. The SMILES string of the molecule is CC1ON=C(C2CC2)C1CSC1=NOC(C)(C)C1. The Morgan fingerprint density at radius 3 is 2.72 bits per heavy atom. The van der Waals surface area contributed by atoms with Gasteiger partial charge in [0, 0.05) is 24.0 Å². The highest BCUT2D eigenvalue weighted by Gasteiger charge is 2.41. The Morgan fingerprint density at radius 2 is 2.11 bits per heavy atom. The van der Waals surface area contributed by atoms with E-state index in [1.165, 1.54) is 18.6 Å². The van der Waals surface area contributed by atoms with E-state index in [0.29, 0.717) is 11.8 Å². The highest BCUT2D eigenvalue weighted by Crippen LogP contribution is 2.39. The Hall–Kier alpha value is -0.710. The summed E-state index contributed by atoms with van der Waals surface area (Å²) >= 11 is 1.80. The van der Waals surface area contributed by atoms with Crippen molar-refractivity contribution in [1.82, 2.24) is 0 Å². The maximum Gasteiger partial charge on any atom is 0.138 e. The molecule has 0 saturated heterocycles. The summed E-state index contributed by atoms with van der Waals surface area (Å²) in [5, 5.41) is 9.53. The van der Waals surface area contributed by atoms with Crippen molar-refractivity contribution in [3.63, 3.8) is 0 Å². The van der Waals surface area contributed by atoms with Gasteiger partial charge in [-0.2, -0.15) is 0 Å². The molecule has 2 heterocycles. The third-order valence-electron chi connectivity index (χ3n) is 3.67. The molecule has 0 bridgehead atoms. The minimum absolute atomic E-state index is 0.131. The van der Waals surface area contributed by atoms with Crippen molar-refractivity contribution in [1.29, 1.82) is 0 Å². The fourth-order valence-corrected chi connectivity index (χ4v) is 3.72. The number of thioether (sulfide) groups is 1. The molecule has 0 N–H and O–H groups in total. The second-order valence-electron chi connectivity index (χ2n) is 6.03. The Bertz CT molecular complexity index is 402. The zero-order valence-corrected chi connectivity index (χ0v) is 12.0. The Kier molecular flexibility index (Phi) is 3.04. The summed E-state index contributed by atoms with van der Waals surface area (Å²) in [5.41, 5.74) is 1.15. The van der Waals surface area contributed by atoms with Crippen molar-refractivity contribution < 1.29 is 9.68 Å². The van der Waals surface area contributed by atoms with E-state index in [0.717, 1.165) is 17.2 Å². The monoisotopic (exact) mass is 268 g/mol. The number of hydrogen-bond donors (Lipinski definition) is 0. The van der Waals surface area contributed by atoms with Crippen LogP contribution in [0.3, 0.4) is 0 Å². The van der Waals surface area contributed by atoms with Gasteiger partial charge in [0.05, 0.1) is 5.71 Å². The average molecular weight is 268 g/mol.